The molecule has 0 amide bonds. The number of rotatable bonds is 5. The summed E-state index contributed by atoms with van der Waals surface area (Å²) in [5, 5.41) is 11.1. The molecule has 0 saturated heterocycles. The molecule has 1 heterocycles. The lowest BCUT2D eigenvalue weighted by atomic mass is 10.2. The van der Waals surface area contributed by atoms with Crippen molar-refractivity contribution in [2.24, 2.45) is 0 Å². The van der Waals surface area contributed by atoms with E-state index in [9.17, 15) is 14.4 Å². The number of Topliss-reactive ketones (excluding diaryl/α,β-unsaturated/α-hetero) is 1. The monoisotopic (exact) mass is 239 g/mol. The molecule has 0 aromatic carbocycles. The van der Waals surface area contributed by atoms with Gasteiger partial charge in [-0.3, -0.25) is 14.4 Å². The highest BCUT2D eigenvalue weighted by atomic mass is 16.4. The van der Waals surface area contributed by atoms with Crippen LogP contribution in [-0.4, -0.2) is 23.4 Å². The van der Waals surface area contributed by atoms with Crippen LogP contribution in [0.4, 0.5) is 5.88 Å². The minimum absolute atomic E-state index is 0.0313. The number of ketones is 1. The number of hydrogen-bond acceptors (Lipinski definition) is 5. The quantitative estimate of drug-likeness (QED) is 0.745. The average Bonchev–Trinajstić information content (AvgIpc) is 2.14. The first-order valence-electron chi connectivity index (χ1n) is 5.03. The molecule has 92 valence electrons. The van der Waals surface area contributed by atoms with Crippen LogP contribution in [0.15, 0.2) is 15.3 Å². The lowest BCUT2D eigenvalue weighted by Crippen LogP contribution is -2.18. The number of carbonyl (C=O) groups is 2. The molecule has 2 N–H and O–H groups in total. The molecule has 17 heavy (non-hydrogen) atoms. The van der Waals surface area contributed by atoms with E-state index in [1.165, 1.54) is 13.0 Å². The van der Waals surface area contributed by atoms with E-state index in [-0.39, 0.29) is 24.4 Å². The van der Waals surface area contributed by atoms with Crippen LogP contribution >= 0.6 is 0 Å². The third-order valence-electron chi connectivity index (χ3n) is 2.05. The van der Waals surface area contributed by atoms with Crippen molar-refractivity contribution < 1.29 is 19.1 Å². The molecule has 0 atom stereocenters. The fourth-order valence-electron chi connectivity index (χ4n) is 1.35. The Morgan fingerprint density at radius 1 is 1.47 bits per heavy atom. The molecule has 1 aromatic heterocycles. The van der Waals surface area contributed by atoms with Crippen molar-refractivity contribution in [3.8, 4) is 0 Å². The molecule has 0 spiro atoms. The first-order valence-corrected chi connectivity index (χ1v) is 5.03. The van der Waals surface area contributed by atoms with Gasteiger partial charge in [0.2, 0.25) is 5.88 Å². The van der Waals surface area contributed by atoms with Gasteiger partial charge in [0.25, 0.3) is 0 Å². The molecule has 0 aliphatic rings. The third kappa shape index (κ3) is 3.44. The Labute approximate surface area is 97.3 Å². The summed E-state index contributed by atoms with van der Waals surface area (Å²) in [6.07, 6.45) is -0.130. The highest BCUT2D eigenvalue weighted by Gasteiger charge is 2.15. The number of carbonyl (C=O) groups excluding carboxylic acids is 1. The predicted octanol–water partition coefficient (Wildman–Crippen LogP) is 1.04. The summed E-state index contributed by atoms with van der Waals surface area (Å²) in [6, 6.07) is 1.22. The Balaban J connectivity index is 3.00. The van der Waals surface area contributed by atoms with Crippen molar-refractivity contribution in [1.29, 1.82) is 0 Å². The average molecular weight is 239 g/mol. The van der Waals surface area contributed by atoms with E-state index in [1.54, 1.807) is 6.92 Å². The zero-order chi connectivity index (χ0) is 13.0. The van der Waals surface area contributed by atoms with Gasteiger partial charge in [-0.1, -0.05) is 0 Å². The summed E-state index contributed by atoms with van der Waals surface area (Å²) >= 11 is 0. The van der Waals surface area contributed by atoms with Crippen LogP contribution < -0.4 is 10.7 Å². The van der Waals surface area contributed by atoms with Gasteiger partial charge in [-0.25, -0.2) is 0 Å². The van der Waals surface area contributed by atoms with Gasteiger partial charge in [-0.05, 0) is 13.8 Å². The summed E-state index contributed by atoms with van der Waals surface area (Å²) < 4.78 is 5.21. The SMILES string of the molecule is CC(=O)c1c(NCCC(=O)O)oc(C)cc1=O. The summed E-state index contributed by atoms with van der Waals surface area (Å²) in [7, 11) is 0. The van der Waals surface area contributed by atoms with Gasteiger partial charge in [0.15, 0.2) is 11.2 Å². The number of hydrogen-bond donors (Lipinski definition) is 2. The van der Waals surface area contributed by atoms with Crippen LogP contribution in [0.3, 0.4) is 0 Å². The van der Waals surface area contributed by atoms with Gasteiger partial charge in [0.05, 0.1) is 6.42 Å². The molecule has 6 heteroatoms. The fraction of sp³-hybridized carbons (Fsp3) is 0.364. The van der Waals surface area contributed by atoms with Gasteiger partial charge in [-0.15, -0.1) is 0 Å². The van der Waals surface area contributed by atoms with Crippen LogP contribution in [0, 0.1) is 6.92 Å². The van der Waals surface area contributed by atoms with Crippen LogP contribution in [0.5, 0.6) is 0 Å². The first kappa shape index (κ1) is 13.0. The maximum atomic E-state index is 11.6. The Bertz CT molecular complexity index is 503. The smallest absolute Gasteiger partial charge is 0.305 e. The highest BCUT2D eigenvalue weighted by molar-refractivity contribution is 5.98. The van der Waals surface area contributed by atoms with Gasteiger partial charge in [-0.2, -0.15) is 0 Å². The third-order valence-corrected chi connectivity index (χ3v) is 2.05. The van der Waals surface area contributed by atoms with Gasteiger partial charge in [0, 0.05) is 12.6 Å². The van der Waals surface area contributed by atoms with E-state index in [4.69, 9.17) is 9.52 Å². The van der Waals surface area contributed by atoms with Crippen LogP contribution in [0.25, 0.3) is 0 Å². The molecule has 0 aliphatic carbocycles. The Morgan fingerprint density at radius 2 is 2.12 bits per heavy atom. The van der Waals surface area contributed by atoms with Crippen molar-refractivity contribution in [1.82, 2.24) is 0 Å². The van der Waals surface area contributed by atoms with Crippen molar-refractivity contribution in [3.05, 3.63) is 27.6 Å². The largest absolute Gasteiger partial charge is 0.481 e. The van der Waals surface area contributed by atoms with E-state index < -0.39 is 17.2 Å². The summed E-state index contributed by atoms with van der Waals surface area (Å²) in [5.74, 6) is -1.00. The van der Waals surface area contributed by atoms with Gasteiger partial charge < -0.3 is 14.8 Å². The van der Waals surface area contributed by atoms with E-state index >= 15 is 0 Å². The normalized spacial score (nSPS) is 10.0. The number of aryl methyl sites for hydroxylation is 1. The lowest BCUT2D eigenvalue weighted by Gasteiger charge is -2.08. The van der Waals surface area contributed by atoms with Crippen molar-refractivity contribution in [3.63, 3.8) is 0 Å². The second kappa shape index (κ2) is 5.29. The summed E-state index contributed by atoms with van der Waals surface area (Å²) in [5.41, 5.74) is -0.514. The van der Waals surface area contributed by atoms with E-state index in [2.05, 4.69) is 5.32 Å². The molecular formula is C11H13NO5. The van der Waals surface area contributed by atoms with Crippen molar-refractivity contribution >= 4 is 17.6 Å². The lowest BCUT2D eigenvalue weighted by molar-refractivity contribution is -0.136. The Morgan fingerprint density at radius 3 is 2.65 bits per heavy atom. The molecule has 0 saturated carbocycles. The first-order chi connectivity index (χ1) is 7.91. The number of anilines is 1. The van der Waals surface area contributed by atoms with Crippen molar-refractivity contribution in [2.45, 2.75) is 20.3 Å². The number of nitrogens with one attached hydrogen (secondary N) is 1. The Kier molecular flexibility index (Phi) is 4.03. The predicted molar refractivity (Wildman–Crippen MR) is 60.5 cm³/mol. The van der Waals surface area contributed by atoms with Gasteiger partial charge >= 0.3 is 5.97 Å². The Hall–Kier alpha value is -2.11. The van der Waals surface area contributed by atoms with E-state index in [0.717, 1.165) is 0 Å². The molecule has 6 nitrogen and oxygen atoms in total. The molecule has 0 unspecified atom stereocenters. The molecule has 0 bridgehead atoms. The maximum Gasteiger partial charge on any atom is 0.305 e. The van der Waals surface area contributed by atoms with E-state index in [1.807, 2.05) is 0 Å². The second-order valence-electron chi connectivity index (χ2n) is 3.55. The zero-order valence-electron chi connectivity index (χ0n) is 9.57. The van der Waals surface area contributed by atoms with Crippen LogP contribution in [0.1, 0.15) is 29.5 Å². The van der Waals surface area contributed by atoms with Crippen molar-refractivity contribution in [2.75, 3.05) is 11.9 Å². The highest BCUT2D eigenvalue weighted by Crippen LogP contribution is 2.14. The van der Waals surface area contributed by atoms with Crippen LogP contribution in [0.2, 0.25) is 0 Å². The summed E-state index contributed by atoms with van der Waals surface area (Å²) in [4.78, 5) is 33.2. The molecule has 1 rings (SSSR count). The maximum absolute atomic E-state index is 11.6. The molecule has 1 aromatic rings. The topological polar surface area (TPSA) is 96.6 Å². The minimum Gasteiger partial charge on any atom is -0.481 e. The molecule has 0 fully saturated rings. The minimum atomic E-state index is -0.975. The number of aliphatic carboxylic acids is 1. The fourth-order valence-corrected chi connectivity index (χ4v) is 1.35. The summed E-state index contributed by atoms with van der Waals surface area (Å²) in [6.45, 7) is 2.92. The van der Waals surface area contributed by atoms with Crippen LogP contribution in [-0.2, 0) is 4.79 Å². The molecular weight excluding hydrogens is 226 g/mol. The zero-order valence-corrected chi connectivity index (χ0v) is 9.57. The molecule has 0 radical (unpaired) electrons. The number of carboxylic acids is 1. The molecule has 0 aliphatic heterocycles. The second-order valence-corrected chi connectivity index (χ2v) is 3.55. The standard InChI is InChI=1S/C11H13NO5/c1-6-5-8(14)10(7(2)13)11(17-6)12-4-3-9(15)16/h5,12H,3-4H2,1-2H3,(H,15,16). The number of carboxylic acid groups (broad SMARTS) is 1. The van der Waals surface area contributed by atoms with Gasteiger partial charge in [0.1, 0.15) is 11.3 Å². The van der Waals surface area contributed by atoms with E-state index in [0.29, 0.717) is 5.76 Å².